The number of aromatic nitrogens is 1. The molecule has 4 heteroatoms. The molecule has 1 N–H and O–H groups in total. The van der Waals surface area contributed by atoms with Gasteiger partial charge in [0, 0.05) is 45.4 Å². The van der Waals surface area contributed by atoms with Crippen molar-refractivity contribution in [2.24, 2.45) is 5.92 Å². The van der Waals surface area contributed by atoms with Gasteiger partial charge in [-0.3, -0.25) is 4.98 Å². The molecule has 0 spiro atoms. The van der Waals surface area contributed by atoms with Crippen LogP contribution in [0.25, 0.3) is 0 Å². The average molecular weight is 219 g/mol. The van der Waals surface area contributed by atoms with E-state index in [-0.39, 0.29) is 5.60 Å². The number of nitrogens with one attached hydrogen (secondary N) is 1. The largest absolute Gasteiger partial charge is 0.375 e. The highest BCUT2D eigenvalue weighted by atomic mass is 16.5. The minimum Gasteiger partial charge on any atom is -0.375 e. The number of ether oxygens (including phenoxy) is 1. The summed E-state index contributed by atoms with van der Waals surface area (Å²) < 4.78 is 5.75. The van der Waals surface area contributed by atoms with Crippen molar-refractivity contribution in [3.63, 3.8) is 0 Å². The molecule has 2 aliphatic rings. The molecule has 4 nitrogen and oxygen atoms in total. The standard InChI is InChI=1S/C12H17N3O/c1-16-12-8-14-5-10(12)7-15(9-12)11-3-2-4-13-6-11/h2-4,6,10,14H,5,7-9H2,1H3. The summed E-state index contributed by atoms with van der Waals surface area (Å²) in [4.78, 5) is 6.55. The lowest BCUT2D eigenvalue weighted by molar-refractivity contribution is 0.00153. The first-order chi connectivity index (χ1) is 7.84. The van der Waals surface area contributed by atoms with E-state index >= 15 is 0 Å². The van der Waals surface area contributed by atoms with E-state index in [1.165, 1.54) is 5.69 Å². The highest BCUT2D eigenvalue weighted by molar-refractivity contribution is 5.46. The van der Waals surface area contributed by atoms with Gasteiger partial charge in [0.05, 0.1) is 11.9 Å². The summed E-state index contributed by atoms with van der Waals surface area (Å²) in [5.74, 6) is 0.595. The Balaban J connectivity index is 1.83. The van der Waals surface area contributed by atoms with Crippen molar-refractivity contribution < 1.29 is 4.74 Å². The fourth-order valence-corrected chi connectivity index (χ4v) is 2.90. The SMILES string of the molecule is COC12CNCC1CN(c1cccnc1)C2. The van der Waals surface area contributed by atoms with E-state index in [9.17, 15) is 0 Å². The molecular weight excluding hydrogens is 202 g/mol. The van der Waals surface area contributed by atoms with Crippen LogP contribution < -0.4 is 10.2 Å². The molecule has 3 rings (SSSR count). The lowest BCUT2D eigenvalue weighted by Crippen LogP contribution is -2.41. The highest BCUT2D eigenvalue weighted by Gasteiger charge is 2.50. The summed E-state index contributed by atoms with van der Waals surface area (Å²) in [6, 6.07) is 4.10. The summed E-state index contributed by atoms with van der Waals surface area (Å²) in [5.41, 5.74) is 1.21. The molecule has 0 radical (unpaired) electrons. The monoisotopic (exact) mass is 219 g/mol. The Morgan fingerprint density at radius 3 is 3.25 bits per heavy atom. The summed E-state index contributed by atoms with van der Waals surface area (Å²) >= 11 is 0. The molecule has 0 amide bonds. The molecule has 3 heterocycles. The van der Waals surface area contributed by atoms with Crippen LogP contribution in [-0.4, -0.2) is 43.9 Å². The summed E-state index contributed by atoms with van der Waals surface area (Å²) in [6.45, 7) is 4.05. The average Bonchev–Trinajstić information content (AvgIpc) is 2.86. The summed E-state index contributed by atoms with van der Waals surface area (Å²) in [7, 11) is 1.83. The molecule has 2 fully saturated rings. The third kappa shape index (κ3) is 1.41. The van der Waals surface area contributed by atoms with E-state index in [1.54, 1.807) is 0 Å². The lowest BCUT2D eigenvalue weighted by Gasteiger charge is -2.26. The zero-order valence-corrected chi connectivity index (χ0v) is 9.52. The Labute approximate surface area is 95.6 Å². The quantitative estimate of drug-likeness (QED) is 0.786. The van der Waals surface area contributed by atoms with Gasteiger partial charge in [0.15, 0.2) is 0 Å². The van der Waals surface area contributed by atoms with Gasteiger partial charge in [0.25, 0.3) is 0 Å². The van der Waals surface area contributed by atoms with Gasteiger partial charge < -0.3 is 15.0 Å². The molecule has 1 aromatic rings. The molecule has 16 heavy (non-hydrogen) atoms. The molecule has 2 aliphatic heterocycles. The van der Waals surface area contributed by atoms with Crippen molar-refractivity contribution in [3.8, 4) is 0 Å². The topological polar surface area (TPSA) is 37.4 Å². The number of nitrogens with zero attached hydrogens (tertiary/aromatic N) is 2. The maximum atomic E-state index is 5.75. The summed E-state index contributed by atoms with van der Waals surface area (Å²) in [6.07, 6.45) is 3.74. The molecule has 1 aromatic heterocycles. The Morgan fingerprint density at radius 1 is 1.62 bits per heavy atom. The normalized spacial score (nSPS) is 33.1. The molecule has 0 aromatic carbocycles. The van der Waals surface area contributed by atoms with Crippen LogP contribution in [0.1, 0.15) is 0 Å². The van der Waals surface area contributed by atoms with Gasteiger partial charge >= 0.3 is 0 Å². The molecule has 0 saturated carbocycles. The first kappa shape index (κ1) is 10.1. The number of pyridine rings is 1. The number of anilines is 1. The van der Waals surface area contributed by atoms with Crippen molar-refractivity contribution in [2.75, 3.05) is 38.2 Å². The van der Waals surface area contributed by atoms with E-state index in [4.69, 9.17) is 4.74 Å². The van der Waals surface area contributed by atoms with Crippen LogP contribution >= 0.6 is 0 Å². The molecule has 0 bridgehead atoms. The summed E-state index contributed by atoms with van der Waals surface area (Å²) in [5, 5.41) is 3.42. The first-order valence-corrected chi connectivity index (χ1v) is 5.75. The highest BCUT2D eigenvalue weighted by Crippen LogP contribution is 2.35. The van der Waals surface area contributed by atoms with Crippen LogP contribution in [0.5, 0.6) is 0 Å². The van der Waals surface area contributed by atoms with Crippen molar-refractivity contribution in [2.45, 2.75) is 5.60 Å². The van der Waals surface area contributed by atoms with Crippen LogP contribution in [0.15, 0.2) is 24.5 Å². The van der Waals surface area contributed by atoms with E-state index in [1.807, 2.05) is 25.6 Å². The number of methoxy groups -OCH3 is 1. The number of rotatable bonds is 2. The van der Waals surface area contributed by atoms with Crippen LogP contribution in [0.2, 0.25) is 0 Å². The van der Waals surface area contributed by atoms with Gasteiger partial charge in [-0.15, -0.1) is 0 Å². The first-order valence-electron chi connectivity index (χ1n) is 5.75. The number of hydrogen-bond donors (Lipinski definition) is 1. The van der Waals surface area contributed by atoms with Crippen LogP contribution in [-0.2, 0) is 4.74 Å². The Morgan fingerprint density at radius 2 is 2.56 bits per heavy atom. The molecule has 2 unspecified atom stereocenters. The van der Waals surface area contributed by atoms with Crippen molar-refractivity contribution in [3.05, 3.63) is 24.5 Å². The van der Waals surface area contributed by atoms with Gasteiger partial charge in [-0.1, -0.05) is 0 Å². The smallest absolute Gasteiger partial charge is 0.103 e. The van der Waals surface area contributed by atoms with Crippen LogP contribution in [0.3, 0.4) is 0 Å². The minimum absolute atomic E-state index is 0.00976. The van der Waals surface area contributed by atoms with Gasteiger partial charge in [0.1, 0.15) is 5.60 Å². The maximum Gasteiger partial charge on any atom is 0.103 e. The van der Waals surface area contributed by atoms with Crippen molar-refractivity contribution >= 4 is 5.69 Å². The van der Waals surface area contributed by atoms with E-state index < -0.39 is 0 Å². The fraction of sp³-hybridized carbons (Fsp3) is 0.583. The van der Waals surface area contributed by atoms with Crippen molar-refractivity contribution in [1.29, 1.82) is 0 Å². The van der Waals surface area contributed by atoms with E-state index in [2.05, 4.69) is 21.3 Å². The van der Waals surface area contributed by atoms with E-state index in [0.29, 0.717) is 5.92 Å². The van der Waals surface area contributed by atoms with Gasteiger partial charge in [0.2, 0.25) is 0 Å². The molecule has 0 aliphatic carbocycles. The Bertz CT molecular complexity index is 370. The minimum atomic E-state index is 0.00976. The number of fused-ring (bicyclic) bond motifs is 1. The molecule has 2 atom stereocenters. The third-order valence-electron chi connectivity index (χ3n) is 3.88. The van der Waals surface area contributed by atoms with Gasteiger partial charge in [-0.05, 0) is 12.1 Å². The fourth-order valence-electron chi connectivity index (χ4n) is 2.90. The molecule has 86 valence electrons. The Hall–Kier alpha value is -1.13. The zero-order valence-electron chi connectivity index (χ0n) is 9.52. The van der Waals surface area contributed by atoms with Gasteiger partial charge in [-0.25, -0.2) is 0 Å². The molecule has 2 saturated heterocycles. The van der Waals surface area contributed by atoms with Crippen LogP contribution in [0, 0.1) is 5.92 Å². The van der Waals surface area contributed by atoms with Gasteiger partial charge in [-0.2, -0.15) is 0 Å². The second-order valence-electron chi connectivity index (χ2n) is 4.69. The van der Waals surface area contributed by atoms with Crippen LogP contribution in [0.4, 0.5) is 5.69 Å². The number of hydrogen-bond acceptors (Lipinski definition) is 4. The maximum absolute atomic E-state index is 5.75. The third-order valence-corrected chi connectivity index (χ3v) is 3.88. The molecular formula is C12H17N3O. The second kappa shape index (κ2) is 3.71. The van der Waals surface area contributed by atoms with E-state index in [0.717, 1.165) is 26.2 Å². The predicted octanol–water partition coefficient (Wildman–Crippen LogP) is 0.506. The lowest BCUT2D eigenvalue weighted by atomic mass is 9.95. The van der Waals surface area contributed by atoms with Crippen molar-refractivity contribution in [1.82, 2.24) is 10.3 Å². The Kier molecular flexibility index (Phi) is 2.33. The predicted molar refractivity (Wildman–Crippen MR) is 62.5 cm³/mol. The zero-order chi connectivity index (χ0) is 11.0. The second-order valence-corrected chi connectivity index (χ2v) is 4.69.